The Morgan fingerprint density at radius 3 is 2.79 bits per heavy atom. The molecule has 0 radical (unpaired) electrons. The van der Waals surface area contributed by atoms with E-state index in [-0.39, 0.29) is 5.97 Å². The molecule has 3 rings (SSSR count). The highest BCUT2D eigenvalue weighted by molar-refractivity contribution is 7.80. The van der Waals surface area contributed by atoms with E-state index < -0.39 is 0 Å². The van der Waals surface area contributed by atoms with Crippen molar-refractivity contribution < 1.29 is 9.53 Å². The predicted molar refractivity (Wildman–Crippen MR) is 121 cm³/mol. The van der Waals surface area contributed by atoms with Gasteiger partial charge >= 0.3 is 5.97 Å². The van der Waals surface area contributed by atoms with E-state index in [0.717, 1.165) is 50.3 Å². The molecule has 0 amide bonds. The van der Waals surface area contributed by atoms with Crippen LogP contribution in [-0.4, -0.2) is 42.2 Å². The van der Waals surface area contributed by atoms with Gasteiger partial charge in [-0.1, -0.05) is 30.3 Å². The lowest BCUT2D eigenvalue weighted by Gasteiger charge is -2.28. The molecule has 1 heterocycles. The second-order valence-electron chi connectivity index (χ2n) is 7.28. The zero-order chi connectivity index (χ0) is 20.6. The lowest BCUT2D eigenvalue weighted by Crippen LogP contribution is -2.35. The standard InChI is InChI=1S/C23H29N3O2S/c1-3-28-22(27)19-10-9-17(2)21(15-19)25-23(29)24-12-6-13-26-14-11-18-7-4-5-8-20(18)16-26/h4-5,7-10,15H,3,6,11-14,16H2,1-2H3,(H2,24,25,29). The van der Waals surface area contributed by atoms with E-state index in [4.69, 9.17) is 17.0 Å². The summed E-state index contributed by atoms with van der Waals surface area (Å²) in [5.41, 5.74) is 5.29. The molecule has 0 bridgehead atoms. The Balaban J connectivity index is 1.42. The summed E-state index contributed by atoms with van der Waals surface area (Å²) in [4.78, 5) is 14.4. The minimum atomic E-state index is -0.322. The predicted octanol–water partition coefficient (Wildman–Crippen LogP) is 3.91. The molecule has 2 aromatic rings. The zero-order valence-electron chi connectivity index (χ0n) is 17.2. The lowest BCUT2D eigenvalue weighted by molar-refractivity contribution is 0.0526. The van der Waals surface area contributed by atoms with Crippen LogP contribution in [0.5, 0.6) is 0 Å². The highest BCUT2D eigenvalue weighted by Gasteiger charge is 2.15. The minimum Gasteiger partial charge on any atom is -0.462 e. The quantitative estimate of drug-likeness (QED) is 0.409. The fraction of sp³-hybridized carbons (Fsp3) is 0.391. The number of aryl methyl sites for hydroxylation is 1. The molecule has 0 spiro atoms. The first-order valence-corrected chi connectivity index (χ1v) is 10.6. The molecule has 0 aromatic heterocycles. The maximum Gasteiger partial charge on any atom is 0.338 e. The van der Waals surface area contributed by atoms with E-state index in [0.29, 0.717) is 17.3 Å². The number of esters is 1. The summed E-state index contributed by atoms with van der Waals surface area (Å²) >= 11 is 5.43. The van der Waals surface area contributed by atoms with Gasteiger partial charge in [0.25, 0.3) is 0 Å². The maximum absolute atomic E-state index is 11.9. The first kappa shape index (κ1) is 21.3. The van der Waals surface area contributed by atoms with Crippen molar-refractivity contribution >= 4 is 29.0 Å². The monoisotopic (exact) mass is 411 g/mol. The van der Waals surface area contributed by atoms with E-state index in [1.165, 1.54) is 11.1 Å². The largest absolute Gasteiger partial charge is 0.462 e. The third-order valence-corrected chi connectivity index (χ3v) is 5.39. The van der Waals surface area contributed by atoms with Gasteiger partial charge < -0.3 is 15.4 Å². The molecule has 29 heavy (non-hydrogen) atoms. The number of benzene rings is 2. The Labute approximate surface area is 178 Å². The van der Waals surface area contributed by atoms with Crippen molar-refractivity contribution in [2.75, 3.05) is 31.6 Å². The van der Waals surface area contributed by atoms with Crippen LogP contribution in [0.25, 0.3) is 0 Å². The van der Waals surface area contributed by atoms with Crippen LogP contribution in [0.3, 0.4) is 0 Å². The molecule has 5 nitrogen and oxygen atoms in total. The highest BCUT2D eigenvalue weighted by Crippen LogP contribution is 2.19. The number of hydrogen-bond acceptors (Lipinski definition) is 4. The minimum absolute atomic E-state index is 0.322. The van der Waals surface area contributed by atoms with Gasteiger partial charge in [0.05, 0.1) is 12.2 Å². The fourth-order valence-electron chi connectivity index (χ4n) is 3.51. The second kappa shape index (κ2) is 10.4. The number of anilines is 1. The molecule has 0 atom stereocenters. The normalized spacial score (nSPS) is 13.4. The molecular formula is C23H29N3O2S. The van der Waals surface area contributed by atoms with Crippen molar-refractivity contribution in [2.45, 2.75) is 33.2 Å². The van der Waals surface area contributed by atoms with Gasteiger partial charge in [0.1, 0.15) is 0 Å². The Bertz CT molecular complexity index is 869. The average molecular weight is 412 g/mol. The van der Waals surface area contributed by atoms with Gasteiger partial charge in [-0.15, -0.1) is 0 Å². The van der Waals surface area contributed by atoms with E-state index in [2.05, 4.69) is 39.8 Å². The third kappa shape index (κ3) is 6.02. The van der Waals surface area contributed by atoms with E-state index in [9.17, 15) is 4.79 Å². The fourth-order valence-corrected chi connectivity index (χ4v) is 3.73. The summed E-state index contributed by atoms with van der Waals surface area (Å²) in [5, 5.41) is 7.03. The topological polar surface area (TPSA) is 53.6 Å². The van der Waals surface area contributed by atoms with Crippen molar-refractivity contribution in [3.8, 4) is 0 Å². The molecule has 0 aliphatic carbocycles. The van der Waals surface area contributed by atoms with Gasteiger partial charge in [-0.3, -0.25) is 4.90 Å². The van der Waals surface area contributed by atoms with Crippen LogP contribution < -0.4 is 10.6 Å². The molecule has 0 saturated heterocycles. The molecule has 6 heteroatoms. The molecule has 0 saturated carbocycles. The number of fused-ring (bicyclic) bond motifs is 1. The van der Waals surface area contributed by atoms with E-state index >= 15 is 0 Å². The number of nitrogens with one attached hydrogen (secondary N) is 2. The van der Waals surface area contributed by atoms with E-state index in [1.807, 2.05) is 13.0 Å². The molecule has 1 aliphatic heterocycles. The maximum atomic E-state index is 11.9. The van der Waals surface area contributed by atoms with Crippen molar-refractivity contribution in [2.24, 2.45) is 0 Å². The Morgan fingerprint density at radius 2 is 2.00 bits per heavy atom. The summed E-state index contributed by atoms with van der Waals surface area (Å²) < 4.78 is 5.07. The molecule has 1 aliphatic rings. The third-order valence-electron chi connectivity index (χ3n) is 5.14. The summed E-state index contributed by atoms with van der Waals surface area (Å²) in [6.45, 7) is 8.12. The summed E-state index contributed by atoms with van der Waals surface area (Å²) in [6.07, 6.45) is 2.14. The zero-order valence-corrected chi connectivity index (χ0v) is 18.0. The number of hydrogen-bond donors (Lipinski definition) is 2. The molecule has 2 N–H and O–H groups in total. The second-order valence-corrected chi connectivity index (χ2v) is 7.69. The van der Waals surface area contributed by atoms with Crippen LogP contribution in [0.4, 0.5) is 5.69 Å². The van der Waals surface area contributed by atoms with Crippen LogP contribution in [0.1, 0.15) is 40.4 Å². The van der Waals surface area contributed by atoms with Crippen LogP contribution in [-0.2, 0) is 17.7 Å². The first-order chi connectivity index (χ1) is 14.1. The van der Waals surface area contributed by atoms with E-state index in [1.54, 1.807) is 19.1 Å². The number of thiocarbonyl (C=S) groups is 1. The molecule has 154 valence electrons. The molecule has 2 aromatic carbocycles. The summed E-state index contributed by atoms with van der Waals surface area (Å²) in [7, 11) is 0. The van der Waals surface area contributed by atoms with Crippen LogP contribution in [0.15, 0.2) is 42.5 Å². The van der Waals surface area contributed by atoms with Crippen molar-refractivity contribution in [3.63, 3.8) is 0 Å². The molecular weight excluding hydrogens is 382 g/mol. The summed E-state index contributed by atoms with van der Waals surface area (Å²) in [5.74, 6) is -0.322. The van der Waals surface area contributed by atoms with Crippen molar-refractivity contribution in [3.05, 3.63) is 64.7 Å². The highest BCUT2D eigenvalue weighted by atomic mass is 32.1. The Morgan fingerprint density at radius 1 is 1.21 bits per heavy atom. The van der Waals surface area contributed by atoms with Crippen LogP contribution in [0.2, 0.25) is 0 Å². The van der Waals surface area contributed by atoms with Gasteiger partial charge in [-0.25, -0.2) is 4.79 Å². The van der Waals surface area contributed by atoms with Gasteiger partial charge in [-0.2, -0.15) is 0 Å². The SMILES string of the molecule is CCOC(=O)c1ccc(C)c(NC(=S)NCCCN2CCc3ccccc3C2)c1. The Kier molecular flexibility index (Phi) is 7.61. The van der Waals surface area contributed by atoms with Gasteiger partial charge in [0.15, 0.2) is 5.11 Å². The van der Waals surface area contributed by atoms with Crippen molar-refractivity contribution in [1.82, 2.24) is 10.2 Å². The van der Waals surface area contributed by atoms with Gasteiger partial charge in [0.2, 0.25) is 0 Å². The lowest BCUT2D eigenvalue weighted by atomic mass is 10.00. The average Bonchev–Trinajstić information content (AvgIpc) is 2.73. The smallest absolute Gasteiger partial charge is 0.338 e. The van der Waals surface area contributed by atoms with Crippen LogP contribution in [0, 0.1) is 6.92 Å². The number of carbonyl (C=O) groups excluding carboxylic acids is 1. The first-order valence-electron chi connectivity index (χ1n) is 10.2. The Hall–Kier alpha value is -2.44. The molecule has 0 fully saturated rings. The van der Waals surface area contributed by atoms with Crippen molar-refractivity contribution in [1.29, 1.82) is 0 Å². The number of rotatable bonds is 7. The van der Waals surface area contributed by atoms with Gasteiger partial charge in [0, 0.05) is 31.9 Å². The summed E-state index contributed by atoms with van der Waals surface area (Å²) in [6, 6.07) is 14.1. The molecule has 0 unspecified atom stereocenters. The number of nitrogens with zero attached hydrogens (tertiary/aromatic N) is 1. The number of carbonyl (C=O) groups is 1. The van der Waals surface area contributed by atoms with Gasteiger partial charge in [-0.05, 0) is 67.7 Å². The van der Waals surface area contributed by atoms with Crippen LogP contribution >= 0.6 is 12.2 Å². The number of ether oxygens (including phenoxy) is 1.